The number of hydrogen-bond donors (Lipinski definition) is 3. The van der Waals surface area contributed by atoms with E-state index >= 15 is 0 Å². The van der Waals surface area contributed by atoms with Crippen molar-refractivity contribution in [2.75, 3.05) is 17.2 Å². The fourth-order valence-electron chi connectivity index (χ4n) is 3.39. The third kappa shape index (κ3) is 5.96. The van der Waals surface area contributed by atoms with Crippen LogP contribution in [0.5, 0.6) is 5.75 Å². The van der Waals surface area contributed by atoms with Gasteiger partial charge < -0.3 is 21.1 Å². The molecule has 1 heterocycles. The largest absolute Gasteiger partial charge is 0.434 e. The molecule has 1 aromatic carbocycles. The number of benzene rings is 1. The highest BCUT2D eigenvalue weighted by molar-refractivity contribution is 5.57. The lowest BCUT2D eigenvalue weighted by molar-refractivity contribution is -0.384. The maximum absolute atomic E-state index is 12.6. The van der Waals surface area contributed by atoms with E-state index < -0.39 is 11.5 Å². The van der Waals surface area contributed by atoms with Gasteiger partial charge in [-0.05, 0) is 37.7 Å². The zero-order valence-electron chi connectivity index (χ0n) is 16.3. The van der Waals surface area contributed by atoms with E-state index in [0.717, 1.165) is 31.9 Å². The van der Waals surface area contributed by atoms with Crippen LogP contribution in [-0.4, -0.2) is 34.1 Å². The van der Waals surface area contributed by atoms with Gasteiger partial charge in [0.25, 0.3) is 0 Å². The van der Waals surface area contributed by atoms with Crippen molar-refractivity contribution in [3.05, 3.63) is 46.1 Å². The first-order valence-electron chi connectivity index (χ1n) is 9.70. The van der Waals surface area contributed by atoms with E-state index in [2.05, 4.69) is 25.3 Å². The third-order valence-corrected chi connectivity index (χ3v) is 5.04. The molecule has 0 bridgehead atoms. The number of ether oxygens (including phenoxy) is 1. The van der Waals surface area contributed by atoms with Crippen LogP contribution < -0.4 is 21.1 Å². The van der Waals surface area contributed by atoms with Crippen LogP contribution in [0, 0.1) is 16.0 Å². The number of nitrogens with two attached hydrogens (primary N) is 1. The van der Waals surface area contributed by atoms with E-state index in [4.69, 9.17) is 5.73 Å². The Balaban J connectivity index is 1.67. The summed E-state index contributed by atoms with van der Waals surface area (Å²) in [7, 11) is 0. The highest BCUT2D eigenvalue weighted by Crippen LogP contribution is 2.27. The van der Waals surface area contributed by atoms with E-state index in [1.165, 1.54) is 6.07 Å². The molecule has 0 atom stereocenters. The Morgan fingerprint density at radius 3 is 2.67 bits per heavy atom. The van der Waals surface area contributed by atoms with Crippen molar-refractivity contribution < 1.29 is 18.4 Å². The number of nitro groups is 1. The molecule has 30 heavy (non-hydrogen) atoms. The maximum Gasteiger partial charge on any atom is 0.387 e. The molecule has 4 N–H and O–H groups in total. The quantitative estimate of drug-likeness (QED) is 0.414. The molecule has 2 aromatic rings. The second-order valence-electron chi connectivity index (χ2n) is 7.19. The number of anilines is 2. The van der Waals surface area contributed by atoms with Crippen molar-refractivity contribution in [2.45, 2.75) is 44.9 Å². The zero-order valence-corrected chi connectivity index (χ0v) is 16.3. The molecule has 3 rings (SSSR count). The summed E-state index contributed by atoms with van der Waals surface area (Å²) in [6, 6.07) is 6.56. The minimum Gasteiger partial charge on any atom is -0.434 e. The third-order valence-electron chi connectivity index (χ3n) is 5.04. The van der Waals surface area contributed by atoms with Crippen LogP contribution in [0.3, 0.4) is 0 Å². The zero-order chi connectivity index (χ0) is 21.5. The minimum atomic E-state index is -2.94. The first-order chi connectivity index (χ1) is 14.4. The molecule has 1 fully saturated rings. The molecule has 1 aliphatic rings. The molecule has 9 nitrogen and oxygen atoms in total. The molecule has 1 aliphatic carbocycles. The normalized spacial score (nSPS) is 18.8. The van der Waals surface area contributed by atoms with Crippen LogP contribution in [-0.2, 0) is 6.54 Å². The van der Waals surface area contributed by atoms with Gasteiger partial charge in [-0.1, -0.05) is 18.2 Å². The van der Waals surface area contributed by atoms with Crippen LogP contribution in [0.4, 0.5) is 26.2 Å². The molecule has 0 amide bonds. The summed E-state index contributed by atoms with van der Waals surface area (Å²) in [5.74, 6) is 0.662. The number of nitrogens with one attached hydrogen (secondary N) is 2. The number of hydrogen-bond acceptors (Lipinski definition) is 8. The smallest absolute Gasteiger partial charge is 0.387 e. The Kier molecular flexibility index (Phi) is 7.28. The summed E-state index contributed by atoms with van der Waals surface area (Å²) in [4.78, 5) is 18.9. The van der Waals surface area contributed by atoms with Gasteiger partial charge in [0.05, 0.1) is 4.92 Å². The van der Waals surface area contributed by atoms with Crippen LogP contribution in [0.15, 0.2) is 30.5 Å². The molecule has 0 saturated heterocycles. The molecule has 162 valence electrons. The van der Waals surface area contributed by atoms with Gasteiger partial charge in [-0.3, -0.25) is 10.1 Å². The Morgan fingerprint density at radius 2 is 1.97 bits per heavy atom. The topological polar surface area (TPSA) is 128 Å². The summed E-state index contributed by atoms with van der Waals surface area (Å²) in [5, 5.41) is 17.3. The lowest BCUT2D eigenvalue weighted by atomic mass is 9.86. The second-order valence-corrected chi connectivity index (χ2v) is 7.19. The van der Waals surface area contributed by atoms with Gasteiger partial charge in [-0.25, -0.2) is 4.98 Å². The molecule has 0 unspecified atom stereocenters. The summed E-state index contributed by atoms with van der Waals surface area (Å²) < 4.78 is 29.6. The van der Waals surface area contributed by atoms with Gasteiger partial charge in [-0.15, -0.1) is 0 Å². The van der Waals surface area contributed by atoms with E-state index in [-0.39, 0.29) is 35.8 Å². The maximum atomic E-state index is 12.6. The molecular weight excluding hydrogens is 398 g/mol. The van der Waals surface area contributed by atoms with E-state index in [0.29, 0.717) is 18.0 Å². The van der Waals surface area contributed by atoms with Crippen molar-refractivity contribution >= 4 is 17.5 Å². The monoisotopic (exact) mass is 422 g/mol. The van der Waals surface area contributed by atoms with Gasteiger partial charge in [0, 0.05) is 24.7 Å². The molecule has 11 heteroatoms. The molecule has 1 saturated carbocycles. The fraction of sp³-hybridized carbons (Fsp3) is 0.474. The first kappa shape index (κ1) is 21.6. The first-order valence-corrected chi connectivity index (χ1v) is 9.70. The van der Waals surface area contributed by atoms with Crippen molar-refractivity contribution in [3.63, 3.8) is 0 Å². The second kappa shape index (κ2) is 10.1. The molecule has 0 radical (unpaired) electrons. The van der Waals surface area contributed by atoms with E-state index in [1.54, 1.807) is 18.2 Å². The summed E-state index contributed by atoms with van der Waals surface area (Å²) in [6.45, 7) is -2.28. The number of aromatic nitrogens is 2. The number of alkyl halides is 2. The average Bonchev–Trinajstić information content (AvgIpc) is 2.72. The van der Waals surface area contributed by atoms with Crippen molar-refractivity contribution in [2.24, 2.45) is 11.7 Å². The lowest BCUT2D eigenvalue weighted by Crippen LogP contribution is -2.29. The Labute approximate surface area is 172 Å². The van der Waals surface area contributed by atoms with Crippen LogP contribution >= 0.6 is 0 Å². The fourth-order valence-corrected chi connectivity index (χ4v) is 3.39. The van der Waals surface area contributed by atoms with Crippen LogP contribution in [0.25, 0.3) is 0 Å². The number of rotatable bonds is 9. The lowest BCUT2D eigenvalue weighted by Gasteiger charge is -2.26. The summed E-state index contributed by atoms with van der Waals surface area (Å²) in [5.41, 5.74) is 6.17. The van der Waals surface area contributed by atoms with Gasteiger partial charge >= 0.3 is 12.3 Å². The van der Waals surface area contributed by atoms with Crippen molar-refractivity contribution in [3.8, 4) is 5.75 Å². The van der Waals surface area contributed by atoms with Crippen LogP contribution in [0.2, 0.25) is 0 Å². The van der Waals surface area contributed by atoms with Crippen LogP contribution in [0.1, 0.15) is 31.2 Å². The van der Waals surface area contributed by atoms with Gasteiger partial charge in [0.15, 0.2) is 0 Å². The average molecular weight is 422 g/mol. The predicted octanol–water partition coefficient (Wildman–Crippen LogP) is 3.53. The van der Waals surface area contributed by atoms with Gasteiger partial charge in [-0.2, -0.15) is 13.8 Å². The van der Waals surface area contributed by atoms with E-state index in [9.17, 15) is 18.9 Å². The molecule has 1 aromatic heterocycles. The van der Waals surface area contributed by atoms with Gasteiger partial charge in [0.1, 0.15) is 11.9 Å². The number of para-hydroxylation sites is 1. The highest BCUT2D eigenvalue weighted by atomic mass is 19.3. The summed E-state index contributed by atoms with van der Waals surface area (Å²) >= 11 is 0. The van der Waals surface area contributed by atoms with Crippen molar-refractivity contribution in [1.29, 1.82) is 0 Å². The van der Waals surface area contributed by atoms with Gasteiger partial charge in [0.2, 0.25) is 11.8 Å². The standard InChI is InChI=1S/C19H24F2N6O3/c20-18(21)30-16-4-2-1-3-13(16)10-24-19-25-11-15(27(28)29)17(26-19)23-9-12-5-7-14(22)8-6-12/h1-4,11-12,14,18H,5-10,22H2,(H2,23,24,25,26). The SMILES string of the molecule is NC1CCC(CNc2nc(NCc3ccccc3OC(F)F)ncc2[N+](=O)[O-])CC1. The Morgan fingerprint density at radius 1 is 1.23 bits per heavy atom. The molecule has 0 aliphatic heterocycles. The highest BCUT2D eigenvalue weighted by Gasteiger charge is 2.22. The Bertz CT molecular complexity index is 862. The summed E-state index contributed by atoms with van der Waals surface area (Å²) in [6.07, 6.45) is 4.91. The minimum absolute atomic E-state index is 0.0377. The Hall–Kier alpha value is -3.08. The molecule has 0 spiro atoms. The molecular formula is C19H24F2N6O3. The number of nitrogens with zero attached hydrogens (tertiary/aromatic N) is 3. The number of halogens is 2. The van der Waals surface area contributed by atoms with E-state index in [1.807, 2.05) is 0 Å². The van der Waals surface area contributed by atoms with Crippen molar-refractivity contribution in [1.82, 2.24) is 9.97 Å². The predicted molar refractivity (Wildman–Crippen MR) is 108 cm³/mol.